The Morgan fingerprint density at radius 3 is 2.33 bits per heavy atom. The van der Waals surface area contributed by atoms with Gasteiger partial charge in [0.2, 0.25) is 11.8 Å². The van der Waals surface area contributed by atoms with Crippen LogP contribution in [-0.2, 0) is 0 Å². The third kappa shape index (κ3) is 4.76. The van der Waals surface area contributed by atoms with E-state index in [1.165, 1.54) is 11.3 Å². The Bertz CT molecular complexity index is 1240. The van der Waals surface area contributed by atoms with Crippen molar-refractivity contribution in [3.05, 3.63) is 99.9 Å². The summed E-state index contributed by atoms with van der Waals surface area (Å²) in [6.07, 6.45) is 0. The minimum Gasteiger partial charge on any atom is -0.419 e. The molecule has 0 unspecified atom stereocenters. The molecule has 5 rings (SSSR count). The van der Waals surface area contributed by atoms with E-state index < -0.39 is 0 Å². The third-order valence-electron chi connectivity index (χ3n) is 6.05. The molecule has 0 N–H and O–H groups in total. The van der Waals surface area contributed by atoms with Gasteiger partial charge in [0.15, 0.2) is 0 Å². The zero-order chi connectivity index (χ0) is 22.8. The summed E-state index contributed by atoms with van der Waals surface area (Å²) in [5.74, 6) is 1.09. The minimum absolute atomic E-state index is 0.170. The van der Waals surface area contributed by atoms with Crippen LogP contribution >= 0.6 is 23.2 Å². The highest BCUT2D eigenvalue weighted by Gasteiger charge is 2.31. The molecule has 7 heteroatoms. The number of aromatic nitrogens is 2. The maximum atomic E-state index is 6.35. The molecule has 0 radical (unpaired) electrons. The Hall–Kier alpha value is -2.86. The highest BCUT2D eigenvalue weighted by molar-refractivity contribution is 6.31. The van der Waals surface area contributed by atoms with Gasteiger partial charge in [-0.05, 0) is 54.4 Å². The van der Waals surface area contributed by atoms with Crippen LogP contribution < -0.4 is 4.90 Å². The Kier molecular flexibility index (Phi) is 6.36. The van der Waals surface area contributed by atoms with Gasteiger partial charge in [0.1, 0.15) is 6.04 Å². The smallest absolute Gasteiger partial charge is 0.247 e. The lowest BCUT2D eigenvalue weighted by molar-refractivity contribution is 0.188. The van der Waals surface area contributed by atoms with Crippen LogP contribution in [0.15, 0.2) is 77.2 Å². The van der Waals surface area contributed by atoms with E-state index in [9.17, 15) is 0 Å². The summed E-state index contributed by atoms with van der Waals surface area (Å²) in [4.78, 5) is 4.76. The highest BCUT2D eigenvalue weighted by Crippen LogP contribution is 2.33. The molecule has 1 saturated heterocycles. The van der Waals surface area contributed by atoms with Gasteiger partial charge in [0.05, 0.1) is 0 Å². The standard InChI is InChI=1S/C26H24Cl2N4O/c1-18-10-11-22(28)17-23(18)31-12-14-32(15-13-31)24(20-8-5-9-21(27)16-20)26-30-29-25(33-26)19-6-3-2-4-7-19/h2-11,16-17,24H,12-15H2,1H3/t24-/m1/s1. The number of hydrogen-bond acceptors (Lipinski definition) is 5. The molecule has 2 heterocycles. The van der Waals surface area contributed by atoms with Crippen molar-refractivity contribution in [3.8, 4) is 11.5 Å². The van der Waals surface area contributed by atoms with Crippen LogP contribution in [0.1, 0.15) is 23.1 Å². The summed E-state index contributed by atoms with van der Waals surface area (Å²) in [6.45, 7) is 5.55. The molecule has 0 saturated carbocycles. The number of anilines is 1. The van der Waals surface area contributed by atoms with Crippen molar-refractivity contribution in [1.29, 1.82) is 0 Å². The number of rotatable bonds is 5. The van der Waals surface area contributed by atoms with Crippen molar-refractivity contribution in [3.63, 3.8) is 0 Å². The summed E-state index contributed by atoms with van der Waals surface area (Å²) < 4.78 is 6.19. The lowest BCUT2D eigenvalue weighted by Crippen LogP contribution is -2.48. The molecule has 1 aliphatic rings. The predicted octanol–water partition coefficient (Wildman–Crippen LogP) is 6.26. The highest BCUT2D eigenvalue weighted by atomic mass is 35.5. The van der Waals surface area contributed by atoms with E-state index in [1.54, 1.807) is 0 Å². The van der Waals surface area contributed by atoms with E-state index >= 15 is 0 Å². The van der Waals surface area contributed by atoms with E-state index in [2.05, 4.69) is 39.1 Å². The molecule has 1 atom stereocenters. The molecule has 0 spiro atoms. The summed E-state index contributed by atoms with van der Waals surface area (Å²) >= 11 is 12.6. The first kappa shape index (κ1) is 22.0. The van der Waals surface area contributed by atoms with Gasteiger partial charge in [-0.3, -0.25) is 4.90 Å². The Balaban J connectivity index is 1.43. The summed E-state index contributed by atoms with van der Waals surface area (Å²) in [5, 5.41) is 10.2. The summed E-state index contributed by atoms with van der Waals surface area (Å²) in [7, 11) is 0. The average molecular weight is 479 g/mol. The van der Waals surface area contributed by atoms with Gasteiger partial charge < -0.3 is 9.32 Å². The van der Waals surface area contributed by atoms with Crippen molar-refractivity contribution < 1.29 is 4.42 Å². The fourth-order valence-corrected chi connectivity index (χ4v) is 4.74. The number of piperazine rings is 1. The van der Waals surface area contributed by atoms with Gasteiger partial charge in [-0.25, -0.2) is 0 Å². The minimum atomic E-state index is -0.170. The zero-order valence-corrected chi connectivity index (χ0v) is 19.8. The molecule has 1 aromatic heterocycles. The van der Waals surface area contributed by atoms with Crippen molar-refractivity contribution >= 4 is 28.9 Å². The van der Waals surface area contributed by atoms with Gasteiger partial charge in [-0.15, -0.1) is 10.2 Å². The van der Waals surface area contributed by atoms with Gasteiger partial charge in [-0.1, -0.05) is 59.6 Å². The first-order valence-electron chi connectivity index (χ1n) is 11.0. The number of hydrogen-bond donors (Lipinski definition) is 0. The quantitative estimate of drug-likeness (QED) is 0.338. The lowest BCUT2D eigenvalue weighted by atomic mass is 10.0. The van der Waals surface area contributed by atoms with Crippen LogP contribution in [0, 0.1) is 6.92 Å². The van der Waals surface area contributed by atoms with E-state index in [4.69, 9.17) is 27.6 Å². The molecular weight excluding hydrogens is 455 g/mol. The maximum absolute atomic E-state index is 6.35. The monoisotopic (exact) mass is 478 g/mol. The fraction of sp³-hybridized carbons (Fsp3) is 0.231. The molecule has 0 amide bonds. The molecule has 1 aliphatic heterocycles. The number of halogens is 2. The third-order valence-corrected chi connectivity index (χ3v) is 6.52. The number of nitrogens with zero attached hydrogens (tertiary/aromatic N) is 4. The summed E-state index contributed by atoms with van der Waals surface area (Å²) in [5.41, 5.74) is 4.36. The molecule has 1 fully saturated rings. The first-order chi connectivity index (χ1) is 16.1. The van der Waals surface area contributed by atoms with Gasteiger partial charge in [-0.2, -0.15) is 0 Å². The largest absolute Gasteiger partial charge is 0.419 e. The maximum Gasteiger partial charge on any atom is 0.247 e. The number of benzene rings is 3. The lowest BCUT2D eigenvalue weighted by Gasteiger charge is -2.39. The molecule has 0 bridgehead atoms. The Morgan fingerprint density at radius 1 is 0.818 bits per heavy atom. The van der Waals surface area contributed by atoms with Crippen LogP contribution in [0.2, 0.25) is 10.0 Å². The number of aryl methyl sites for hydroxylation is 1. The second-order valence-corrected chi connectivity index (χ2v) is 9.10. The van der Waals surface area contributed by atoms with Crippen LogP contribution in [0.5, 0.6) is 0 Å². The summed E-state index contributed by atoms with van der Waals surface area (Å²) in [6, 6.07) is 23.6. The van der Waals surface area contributed by atoms with E-state index in [-0.39, 0.29) is 6.04 Å². The molecule has 5 nitrogen and oxygen atoms in total. The Labute approximate surface area is 203 Å². The van der Waals surface area contributed by atoms with Crippen molar-refractivity contribution in [1.82, 2.24) is 15.1 Å². The van der Waals surface area contributed by atoms with E-state index in [0.717, 1.165) is 42.3 Å². The predicted molar refractivity (Wildman–Crippen MR) is 133 cm³/mol. The second kappa shape index (κ2) is 9.56. The van der Waals surface area contributed by atoms with Crippen LogP contribution in [-0.4, -0.2) is 41.3 Å². The van der Waals surface area contributed by atoms with Crippen LogP contribution in [0.25, 0.3) is 11.5 Å². The van der Waals surface area contributed by atoms with Crippen LogP contribution in [0.4, 0.5) is 5.69 Å². The first-order valence-corrected chi connectivity index (χ1v) is 11.7. The Morgan fingerprint density at radius 2 is 1.58 bits per heavy atom. The molecule has 4 aromatic rings. The van der Waals surface area contributed by atoms with E-state index in [1.807, 2.05) is 60.7 Å². The topological polar surface area (TPSA) is 45.4 Å². The van der Waals surface area contributed by atoms with Gasteiger partial charge >= 0.3 is 0 Å². The molecule has 3 aromatic carbocycles. The van der Waals surface area contributed by atoms with Crippen molar-refractivity contribution in [2.75, 3.05) is 31.1 Å². The zero-order valence-electron chi connectivity index (χ0n) is 18.3. The van der Waals surface area contributed by atoms with Crippen molar-refractivity contribution in [2.45, 2.75) is 13.0 Å². The molecule has 0 aliphatic carbocycles. The molecular formula is C26H24Cl2N4O. The molecule has 33 heavy (non-hydrogen) atoms. The normalized spacial score (nSPS) is 15.5. The van der Waals surface area contributed by atoms with Crippen LogP contribution in [0.3, 0.4) is 0 Å². The van der Waals surface area contributed by atoms with Crippen molar-refractivity contribution in [2.24, 2.45) is 0 Å². The fourth-order valence-electron chi connectivity index (χ4n) is 4.37. The SMILES string of the molecule is Cc1ccc(Cl)cc1N1CCN([C@H](c2cccc(Cl)c2)c2nnc(-c3ccccc3)o2)CC1. The van der Waals surface area contributed by atoms with Gasteiger partial charge in [0, 0.05) is 47.5 Å². The second-order valence-electron chi connectivity index (χ2n) is 8.22. The average Bonchev–Trinajstić information content (AvgIpc) is 3.32. The molecule has 168 valence electrons. The van der Waals surface area contributed by atoms with E-state index in [0.29, 0.717) is 16.8 Å². The van der Waals surface area contributed by atoms with Gasteiger partial charge in [0.25, 0.3) is 0 Å².